The predicted octanol–water partition coefficient (Wildman–Crippen LogP) is 3.75. The van der Waals surface area contributed by atoms with Crippen LogP contribution in [0.5, 0.6) is 0 Å². The summed E-state index contributed by atoms with van der Waals surface area (Å²) in [7, 11) is 1.61. The number of aromatic nitrogens is 5. The van der Waals surface area contributed by atoms with Crippen LogP contribution in [-0.2, 0) is 17.8 Å². The van der Waals surface area contributed by atoms with Crippen molar-refractivity contribution in [1.29, 1.82) is 0 Å². The topological polar surface area (TPSA) is 88.1 Å². The third-order valence-corrected chi connectivity index (χ3v) is 5.07. The highest BCUT2D eigenvalue weighted by Gasteiger charge is 2.19. The average molecular weight is 398 g/mol. The maximum absolute atomic E-state index is 12.8. The van der Waals surface area contributed by atoms with Crippen molar-refractivity contribution >= 4 is 17.2 Å². The molecule has 8 heteroatoms. The van der Waals surface area contributed by atoms with Crippen LogP contribution in [0.15, 0.2) is 35.1 Å². The van der Waals surface area contributed by atoms with Crippen LogP contribution < -0.4 is 5.56 Å². The first-order valence-electron chi connectivity index (χ1n) is 8.97. The first-order valence-corrected chi connectivity index (χ1v) is 9.35. The van der Waals surface area contributed by atoms with Crippen LogP contribution in [0.1, 0.15) is 23.9 Å². The molecular weight excluding hydrogens is 378 g/mol. The van der Waals surface area contributed by atoms with E-state index in [1.54, 1.807) is 7.11 Å². The van der Waals surface area contributed by atoms with E-state index < -0.39 is 0 Å². The number of rotatable bonds is 5. The number of halogens is 1. The summed E-state index contributed by atoms with van der Waals surface area (Å²) in [5, 5.41) is 11.2. The van der Waals surface area contributed by atoms with Gasteiger partial charge in [-0.1, -0.05) is 30.7 Å². The van der Waals surface area contributed by atoms with Gasteiger partial charge in [0.2, 0.25) is 0 Å². The van der Waals surface area contributed by atoms with E-state index in [2.05, 4.69) is 22.2 Å². The van der Waals surface area contributed by atoms with Crippen LogP contribution in [0.25, 0.3) is 28.2 Å². The molecule has 1 aromatic carbocycles. The molecule has 144 valence electrons. The summed E-state index contributed by atoms with van der Waals surface area (Å²) < 4.78 is 6.75. The molecule has 4 rings (SSSR count). The molecule has 3 heterocycles. The minimum atomic E-state index is -0.210. The zero-order chi connectivity index (χ0) is 19.8. The largest absolute Gasteiger partial charge is 0.378 e. The van der Waals surface area contributed by atoms with E-state index in [1.807, 2.05) is 31.2 Å². The third kappa shape index (κ3) is 3.02. The third-order valence-electron chi connectivity index (χ3n) is 4.82. The lowest BCUT2D eigenvalue weighted by Gasteiger charge is -2.04. The lowest BCUT2D eigenvalue weighted by molar-refractivity contribution is 0.181. The summed E-state index contributed by atoms with van der Waals surface area (Å²) in [6, 6.07) is 8.92. The van der Waals surface area contributed by atoms with Crippen molar-refractivity contribution in [3.63, 3.8) is 0 Å². The first-order chi connectivity index (χ1) is 13.5. The minimum absolute atomic E-state index is 0.210. The Bertz CT molecular complexity index is 1200. The van der Waals surface area contributed by atoms with Crippen molar-refractivity contribution in [3.05, 3.63) is 62.7 Å². The maximum atomic E-state index is 12.8. The van der Waals surface area contributed by atoms with Gasteiger partial charge >= 0.3 is 0 Å². The second-order valence-electron chi connectivity index (χ2n) is 6.57. The summed E-state index contributed by atoms with van der Waals surface area (Å²) in [5.41, 5.74) is 6.04. The Balaban J connectivity index is 1.99. The number of nitrogens with zero attached hydrogens (tertiary/aromatic N) is 3. The van der Waals surface area contributed by atoms with E-state index in [0.29, 0.717) is 28.7 Å². The lowest BCUT2D eigenvalue weighted by Crippen LogP contribution is -2.14. The quantitative estimate of drug-likeness (QED) is 0.536. The van der Waals surface area contributed by atoms with Crippen LogP contribution in [0.4, 0.5) is 0 Å². The number of ether oxygens (including phenoxy) is 1. The average Bonchev–Trinajstić information content (AvgIpc) is 3.23. The van der Waals surface area contributed by atoms with E-state index >= 15 is 0 Å². The van der Waals surface area contributed by atoms with Gasteiger partial charge in [-0.05, 0) is 36.6 Å². The SMILES string of the molecule is CCc1[nH]nc(-c2cc(=O)n3[nH]c(COC)c(-c4ccc(Cl)cc4)c3n2)c1C. The molecule has 0 aliphatic carbocycles. The van der Waals surface area contributed by atoms with Crippen LogP contribution >= 0.6 is 11.6 Å². The molecule has 0 unspecified atom stereocenters. The van der Waals surface area contributed by atoms with Crippen molar-refractivity contribution in [2.45, 2.75) is 26.9 Å². The van der Waals surface area contributed by atoms with Crippen molar-refractivity contribution < 1.29 is 4.74 Å². The molecule has 0 fully saturated rings. The number of methoxy groups -OCH3 is 1. The molecule has 4 aromatic rings. The van der Waals surface area contributed by atoms with Gasteiger partial charge in [-0.25, -0.2) is 9.50 Å². The smallest absolute Gasteiger partial charge is 0.273 e. The number of nitrogens with one attached hydrogen (secondary N) is 2. The summed E-state index contributed by atoms with van der Waals surface area (Å²) in [4.78, 5) is 17.6. The second-order valence-corrected chi connectivity index (χ2v) is 7.01. The van der Waals surface area contributed by atoms with E-state index in [-0.39, 0.29) is 5.56 Å². The Morgan fingerprint density at radius 2 is 1.96 bits per heavy atom. The van der Waals surface area contributed by atoms with Gasteiger partial charge in [0.1, 0.15) is 5.69 Å². The van der Waals surface area contributed by atoms with Gasteiger partial charge in [0.05, 0.1) is 18.0 Å². The van der Waals surface area contributed by atoms with Gasteiger partial charge in [0, 0.05) is 29.5 Å². The number of benzene rings is 1. The van der Waals surface area contributed by atoms with Gasteiger partial charge in [0.15, 0.2) is 5.65 Å². The van der Waals surface area contributed by atoms with E-state index in [4.69, 9.17) is 21.3 Å². The fourth-order valence-electron chi connectivity index (χ4n) is 3.40. The molecule has 0 aliphatic rings. The zero-order valence-electron chi connectivity index (χ0n) is 15.8. The van der Waals surface area contributed by atoms with Gasteiger partial charge in [-0.15, -0.1) is 0 Å². The summed E-state index contributed by atoms with van der Waals surface area (Å²) in [6.45, 7) is 4.35. The molecule has 7 nitrogen and oxygen atoms in total. The molecular formula is C20H20ClN5O2. The fourth-order valence-corrected chi connectivity index (χ4v) is 3.53. The van der Waals surface area contributed by atoms with Crippen molar-refractivity contribution in [2.24, 2.45) is 0 Å². The van der Waals surface area contributed by atoms with Gasteiger partial charge < -0.3 is 4.74 Å². The normalized spacial score (nSPS) is 11.4. The highest BCUT2D eigenvalue weighted by molar-refractivity contribution is 6.30. The summed E-state index contributed by atoms with van der Waals surface area (Å²) in [5.74, 6) is 0. The van der Waals surface area contributed by atoms with Crippen LogP contribution in [-0.4, -0.2) is 31.9 Å². The number of aryl methyl sites for hydroxylation is 1. The Kier molecular flexibility index (Phi) is 4.78. The summed E-state index contributed by atoms with van der Waals surface area (Å²) in [6.07, 6.45) is 0.832. The highest BCUT2D eigenvalue weighted by atomic mass is 35.5. The van der Waals surface area contributed by atoms with Crippen LogP contribution in [0.2, 0.25) is 5.02 Å². The molecule has 0 saturated carbocycles. The second kappa shape index (κ2) is 7.26. The molecule has 0 amide bonds. The number of aromatic amines is 2. The van der Waals surface area contributed by atoms with Crippen LogP contribution in [0, 0.1) is 6.92 Å². The molecule has 0 bridgehead atoms. The van der Waals surface area contributed by atoms with Gasteiger partial charge in [-0.3, -0.25) is 15.0 Å². The van der Waals surface area contributed by atoms with Crippen LogP contribution in [0.3, 0.4) is 0 Å². The fraction of sp³-hybridized carbons (Fsp3) is 0.250. The van der Waals surface area contributed by atoms with Crippen molar-refractivity contribution in [2.75, 3.05) is 7.11 Å². The molecule has 2 N–H and O–H groups in total. The number of fused-ring (bicyclic) bond motifs is 1. The minimum Gasteiger partial charge on any atom is -0.378 e. The maximum Gasteiger partial charge on any atom is 0.273 e. The first kappa shape index (κ1) is 18.5. The summed E-state index contributed by atoms with van der Waals surface area (Å²) >= 11 is 6.04. The van der Waals surface area contributed by atoms with Crippen molar-refractivity contribution in [1.82, 2.24) is 24.8 Å². The van der Waals surface area contributed by atoms with Gasteiger partial charge in [0.25, 0.3) is 5.56 Å². The molecule has 28 heavy (non-hydrogen) atoms. The Morgan fingerprint density at radius 1 is 1.21 bits per heavy atom. The Hall–Kier alpha value is -2.90. The molecule has 3 aromatic heterocycles. The monoisotopic (exact) mass is 397 g/mol. The van der Waals surface area contributed by atoms with Crippen molar-refractivity contribution in [3.8, 4) is 22.5 Å². The van der Waals surface area contributed by atoms with E-state index in [9.17, 15) is 4.79 Å². The zero-order valence-corrected chi connectivity index (χ0v) is 16.6. The van der Waals surface area contributed by atoms with E-state index in [1.165, 1.54) is 10.6 Å². The standard InChI is InChI=1S/C20H20ClN5O2/c1-4-14-11(2)19(24-23-14)15-9-17(27)26-20(22-15)18(16(25-26)10-28-3)12-5-7-13(21)8-6-12/h5-9,25H,4,10H2,1-3H3,(H,23,24). The predicted molar refractivity (Wildman–Crippen MR) is 109 cm³/mol. The number of hydrogen-bond acceptors (Lipinski definition) is 4. The van der Waals surface area contributed by atoms with Gasteiger partial charge in [-0.2, -0.15) is 5.10 Å². The molecule has 0 radical (unpaired) electrons. The number of H-pyrrole nitrogens is 2. The number of hydrogen-bond donors (Lipinski definition) is 2. The Morgan fingerprint density at radius 3 is 2.61 bits per heavy atom. The lowest BCUT2D eigenvalue weighted by atomic mass is 10.1. The molecule has 0 saturated heterocycles. The molecule has 0 aliphatic heterocycles. The molecule has 0 atom stereocenters. The Labute approximate surface area is 166 Å². The highest BCUT2D eigenvalue weighted by Crippen LogP contribution is 2.30. The van der Waals surface area contributed by atoms with E-state index in [0.717, 1.165) is 34.5 Å². The molecule has 0 spiro atoms.